The SMILES string of the molecule is CCNCCN(C)Cc1ccc(Br)c(C)c1. The third-order valence-electron chi connectivity index (χ3n) is 2.60. The molecule has 1 rings (SSSR count). The number of rotatable bonds is 6. The van der Waals surface area contributed by atoms with Gasteiger partial charge in [-0.3, -0.25) is 0 Å². The van der Waals surface area contributed by atoms with Gasteiger partial charge in [0.1, 0.15) is 0 Å². The maximum atomic E-state index is 3.52. The van der Waals surface area contributed by atoms with E-state index in [-0.39, 0.29) is 0 Å². The predicted octanol–water partition coefficient (Wildman–Crippen LogP) is 2.80. The van der Waals surface area contributed by atoms with Crippen LogP contribution in [0.2, 0.25) is 0 Å². The Balaban J connectivity index is 2.43. The fourth-order valence-corrected chi connectivity index (χ4v) is 1.89. The van der Waals surface area contributed by atoms with Gasteiger partial charge in [-0.1, -0.05) is 35.0 Å². The quantitative estimate of drug-likeness (QED) is 0.809. The molecule has 1 aromatic rings. The van der Waals surface area contributed by atoms with Gasteiger partial charge in [0.15, 0.2) is 0 Å². The summed E-state index contributed by atoms with van der Waals surface area (Å²) in [6, 6.07) is 6.55. The van der Waals surface area contributed by atoms with Crippen LogP contribution in [0, 0.1) is 6.92 Å². The first-order valence-corrected chi connectivity index (χ1v) is 6.57. The van der Waals surface area contributed by atoms with Gasteiger partial charge in [0.2, 0.25) is 0 Å². The van der Waals surface area contributed by atoms with Gasteiger partial charge in [-0.25, -0.2) is 0 Å². The highest BCUT2D eigenvalue weighted by Gasteiger charge is 2.01. The molecule has 0 unspecified atom stereocenters. The largest absolute Gasteiger partial charge is 0.316 e. The summed E-state index contributed by atoms with van der Waals surface area (Å²) in [4.78, 5) is 2.34. The van der Waals surface area contributed by atoms with Crippen LogP contribution in [0.5, 0.6) is 0 Å². The van der Waals surface area contributed by atoms with Crippen molar-refractivity contribution in [3.63, 3.8) is 0 Å². The Labute approximate surface area is 107 Å². The summed E-state index contributed by atoms with van der Waals surface area (Å²) in [5.74, 6) is 0. The zero-order valence-corrected chi connectivity index (χ0v) is 12.0. The molecule has 0 atom stereocenters. The molecule has 1 aromatic carbocycles. The van der Waals surface area contributed by atoms with Crippen LogP contribution in [0.3, 0.4) is 0 Å². The molecule has 0 saturated heterocycles. The van der Waals surface area contributed by atoms with Gasteiger partial charge in [0, 0.05) is 24.1 Å². The molecule has 90 valence electrons. The van der Waals surface area contributed by atoms with Crippen LogP contribution < -0.4 is 5.32 Å². The van der Waals surface area contributed by atoms with E-state index in [1.165, 1.54) is 15.6 Å². The molecule has 0 saturated carbocycles. The smallest absolute Gasteiger partial charge is 0.0231 e. The number of hydrogen-bond donors (Lipinski definition) is 1. The van der Waals surface area contributed by atoms with Gasteiger partial charge < -0.3 is 10.2 Å². The number of likely N-dealkylation sites (N-methyl/N-ethyl adjacent to an activating group) is 2. The van der Waals surface area contributed by atoms with Crippen LogP contribution in [-0.4, -0.2) is 31.6 Å². The van der Waals surface area contributed by atoms with Crippen molar-refractivity contribution in [1.29, 1.82) is 0 Å². The predicted molar refractivity (Wildman–Crippen MR) is 73.8 cm³/mol. The first-order chi connectivity index (χ1) is 7.63. The maximum Gasteiger partial charge on any atom is 0.0231 e. The Morgan fingerprint density at radius 2 is 2.12 bits per heavy atom. The van der Waals surface area contributed by atoms with E-state index in [4.69, 9.17) is 0 Å². The minimum atomic E-state index is 1.01. The van der Waals surface area contributed by atoms with Crippen molar-refractivity contribution >= 4 is 15.9 Å². The van der Waals surface area contributed by atoms with Crippen LogP contribution in [0.25, 0.3) is 0 Å². The molecule has 0 heterocycles. The van der Waals surface area contributed by atoms with Crippen molar-refractivity contribution in [2.24, 2.45) is 0 Å². The lowest BCUT2D eigenvalue weighted by Gasteiger charge is -2.17. The van der Waals surface area contributed by atoms with Crippen molar-refractivity contribution in [2.75, 3.05) is 26.7 Å². The molecule has 0 aromatic heterocycles. The standard InChI is InChI=1S/C13H21BrN2/c1-4-15-7-8-16(3)10-12-5-6-13(14)11(2)9-12/h5-6,9,15H,4,7-8,10H2,1-3H3. The number of aryl methyl sites for hydroxylation is 1. The summed E-state index contributed by atoms with van der Waals surface area (Å²) >= 11 is 3.52. The summed E-state index contributed by atoms with van der Waals surface area (Å²) in [5.41, 5.74) is 2.68. The minimum Gasteiger partial charge on any atom is -0.316 e. The van der Waals surface area contributed by atoms with Crippen LogP contribution in [0.15, 0.2) is 22.7 Å². The number of nitrogens with zero attached hydrogens (tertiary/aromatic N) is 1. The van der Waals surface area contributed by atoms with E-state index in [0.29, 0.717) is 0 Å². The highest BCUT2D eigenvalue weighted by Crippen LogP contribution is 2.17. The van der Waals surface area contributed by atoms with Crippen molar-refractivity contribution in [3.8, 4) is 0 Å². The summed E-state index contributed by atoms with van der Waals surface area (Å²) in [5, 5.41) is 3.34. The van der Waals surface area contributed by atoms with E-state index in [0.717, 1.165) is 26.2 Å². The lowest BCUT2D eigenvalue weighted by atomic mass is 10.1. The third-order valence-corrected chi connectivity index (χ3v) is 3.48. The fourth-order valence-electron chi connectivity index (χ4n) is 1.64. The Morgan fingerprint density at radius 1 is 1.38 bits per heavy atom. The van der Waals surface area contributed by atoms with Crippen LogP contribution in [-0.2, 0) is 6.54 Å². The van der Waals surface area contributed by atoms with Crippen LogP contribution >= 0.6 is 15.9 Å². The van der Waals surface area contributed by atoms with Gasteiger partial charge in [0.25, 0.3) is 0 Å². The second-order valence-electron chi connectivity index (χ2n) is 4.17. The molecule has 0 spiro atoms. The molecule has 0 radical (unpaired) electrons. The first kappa shape index (κ1) is 13.7. The Morgan fingerprint density at radius 3 is 2.75 bits per heavy atom. The Hall–Kier alpha value is -0.380. The lowest BCUT2D eigenvalue weighted by Crippen LogP contribution is -2.28. The van der Waals surface area contributed by atoms with E-state index in [1.807, 2.05) is 0 Å². The van der Waals surface area contributed by atoms with E-state index in [9.17, 15) is 0 Å². The van der Waals surface area contributed by atoms with Crippen molar-refractivity contribution in [1.82, 2.24) is 10.2 Å². The van der Waals surface area contributed by atoms with E-state index in [1.54, 1.807) is 0 Å². The summed E-state index contributed by atoms with van der Waals surface area (Å²) < 4.78 is 1.19. The minimum absolute atomic E-state index is 1.01. The zero-order chi connectivity index (χ0) is 12.0. The molecule has 0 aliphatic rings. The average Bonchev–Trinajstić information content (AvgIpc) is 2.24. The molecule has 1 N–H and O–H groups in total. The van der Waals surface area contributed by atoms with Gasteiger partial charge >= 0.3 is 0 Å². The topological polar surface area (TPSA) is 15.3 Å². The molecule has 3 heteroatoms. The number of hydrogen-bond acceptors (Lipinski definition) is 2. The molecule has 2 nitrogen and oxygen atoms in total. The fraction of sp³-hybridized carbons (Fsp3) is 0.538. The summed E-state index contributed by atoms with van der Waals surface area (Å²) in [7, 11) is 2.16. The molecule has 0 fully saturated rings. The van der Waals surface area contributed by atoms with Gasteiger partial charge in [0.05, 0.1) is 0 Å². The highest BCUT2D eigenvalue weighted by atomic mass is 79.9. The molecule has 0 amide bonds. The number of halogens is 1. The Bertz CT molecular complexity index is 326. The first-order valence-electron chi connectivity index (χ1n) is 5.77. The number of benzene rings is 1. The van der Waals surface area contributed by atoms with Gasteiger partial charge in [-0.2, -0.15) is 0 Å². The second-order valence-corrected chi connectivity index (χ2v) is 5.03. The molecule has 0 bridgehead atoms. The number of nitrogens with one attached hydrogen (secondary N) is 1. The van der Waals surface area contributed by atoms with E-state index >= 15 is 0 Å². The summed E-state index contributed by atoms with van der Waals surface area (Å²) in [6.07, 6.45) is 0. The molecular formula is C13H21BrN2. The normalized spacial score (nSPS) is 11.1. The monoisotopic (exact) mass is 284 g/mol. The van der Waals surface area contributed by atoms with E-state index in [2.05, 4.69) is 65.2 Å². The van der Waals surface area contributed by atoms with Crippen molar-refractivity contribution in [2.45, 2.75) is 20.4 Å². The average molecular weight is 285 g/mol. The summed E-state index contributed by atoms with van der Waals surface area (Å²) in [6.45, 7) is 8.47. The van der Waals surface area contributed by atoms with Crippen molar-refractivity contribution in [3.05, 3.63) is 33.8 Å². The molecular weight excluding hydrogens is 264 g/mol. The molecule has 0 aliphatic carbocycles. The van der Waals surface area contributed by atoms with Gasteiger partial charge in [-0.05, 0) is 37.7 Å². The lowest BCUT2D eigenvalue weighted by molar-refractivity contribution is 0.325. The van der Waals surface area contributed by atoms with Crippen LogP contribution in [0.1, 0.15) is 18.1 Å². The van der Waals surface area contributed by atoms with E-state index < -0.39 is 0 Å². The zero-order valence-electron chi connectivity index (χ0n) is 10.4. The highest BCUT2D eigenvalue weighted by molar-refractivity contribution is 9.10. The second kappa shape index (κ2) is 7.05. The maximum absolute atomic E-state index is 3.52. The van der Waals surface area contributed by atoms with Crippen molar-refractivity contribution < 1.29 is 0 Å². The van der Waals surface area contributed by atoms with Crippen LogP contribution in [0.4, 0.5) is 0 Å². The van der Waals surface area contributed by atoms with Gasteiger partial charge in [-0.15, -0.1) is 0 Å². The third kappa shape index (κ3) is 4.64. The molecule has 16 heavy (non-hydrogen) atoms. The molecule has 0 aliphatic heterocycles. The Kier molecular flexibility index (Phi) is 6.03.